The third-order valence-electron chi connectivity index (χ3n) is 8.70. The molecular formula is C40H25ClF4N10O4S. The summed E-state index contributed by atoms with van der Waals surface area (Å²) in [5.41, 5.74) is 3.26. The number of sulfone groups is 1. The molecule has 6 heterocycles. The van der Waals surface area contributed by atoms with Gasteiger partial charge in [0.25, 0.3) is 0 Å². The summed E-state index contributed by atoms with van der Waals surface area (Å²) in [5.74, 6) is -2.55. The Labute approximate surface area is 341 Å². The quantitative estimate of drug-likeness (QED) is 0.0956. The first-order valence-corrected chi connectivity index (χ1v) is 19.4. The third-order valence-corrected chi connectivity index (χ3v) is 10.6. The summed E-state index contributed by atoms with van der Waals surface area (Å²) in [6, 6.07) is 26.5. The Morgan fingerprint density at radius 1 is 0.567 bits per heavy atom. The van der Waals surface area contributed by atoms with Crippen LogP contribution in [0, 0.1) is 23.3 Å². The fourth-order valence-electron chi connectivity index (χ4n) is 5.82. The van der Waals surface area contributed by atoms with Gasteiger partial charge in [0.05, 0.1) is 41.8 Å². The zero-order chi connectivity index (χ0) is 41.8. The van der Waals surface area contributed by atoms with Crippen molar-refractivity contribution in [3.05, 3.63) is 168 Å². The van der Waals surface area contributed by atoms with E-state index in [1.807, 2.05) is 0 Å². The van der Waals surface area contributed by atoms with Gasteiger partial charge >= 0.3 is 0 Å². The van der Waals surface area contributed by atoms with Crippen LogP contribution in [0.1, 0.15) is 11.1 Å². The Hall–Kier alpha value is -7.38. The lowest BCUT2D eigenvalue weighted by Crippen LogP contribution is -2.09. The SMILES string of the molecule is Fc1ccccc1Cn1nc(-c2ncc(F)c(Cl)n2)cc1-c1ccon1.O=S(=O)(c1ccccc1)c1nc(-c2cc(-c3ccon3)n(Cc3ccccc3F)n2)ncc1F. The van der Waals surface area contributed by atoms with Gasteiger partial charge in [0.1, 0.15) is 46.9 Å². The molecule has 6 aromatic heterocycles. The number of hydrogen-bond acceptors (Lipinski definition) is 12. The van der Waals surface area contributed by atoms with E-state index in [2.05, 4.69) is 40.4 Å². The largest absolute Gasteiger partial charge is 0.364 e. The first-order valence-electron chi connectivity index (χ1n) is 17.5. The molecule has 14 nitrogen and oxygen atoms in total. The zero-order valence-electron chi connectivity index (χ0n) is 30.4. The molecule has 0 fully saturated rings. The zero-order valence-corrected chi connectivity index (χ0v) is 32.0. The average Bonchev–Trinajstić information content (AvgIpc) is 4.10. The lowest BCUT2D eigenvalue weighted by atomic mass is 10.2. The van der Waals surface area contributed by atoms with Gasteiger partial charge in [-0.3, -0.25) is 9.36 Å². The van der Waals surface area contributed by atoms with Gasteiger partial charge < -0.3 is 9.05 Å². The number of hydrogen-bond donors (Lipinski definition) is 0. The minimum absolute atomic E-state index is 0.0469. The van der Waals surface area contributed by atoms with Crippen molar-refractivity contribution in [1.82, 2.24) is 49.8 Å². The monoisotopic (exact) mass is 852 g/mol. The molecule has 0 aliphatic rings. The second kappa shape index (κ2) is 16.8. The first kappa shape index (κ1) is 39.4. The highest BCUT2D eigenvalue weighted by Crippen LogP contribution is 2.29. The van der Waals surface area contributed by atoms with Gasteiger partial charge in [-0.05, 0) is 36.4 Å². The van der Waals surface area contributed by atoms with E-state index in [1.54, 1.807) is 71.4 Å². The van der Waals surface area contributed by atoms with Crippen molar-refractivity contribution in [3.8, 4) is 45.8 Å². The van der Waals surface area contributed by atoms with E-state index in [4.69, 9.17) is 20.6 Å². The van der Waals surface area contributed by atoms with Crippen LogP contribution in [0.4, 0.5) is 17.6 Å². The smallest absolute Gasteiger partial charge is 0.226 e. The Kier molecular flexibility index (Phi) is 11.1. The fourth-order valence-corrected chi connectivity index (χ4v) is 7.20. The van der Waals surface area contributed by atoms with E-state index in [0.717, 1.165) is 12.4 Å². The highest BCUT2D eigenvalue weighted by atomic mass is 35.5. The molecule has 0 saturated carbocycles. The van der Waals surface area contributed by atoms with Gasteiger partial charge in [0.15, 0.2) is 33.5 Å². The molecular weight excluding hydrogens is 828 g/mol. The number of benzene rings is 3. The molecule has 0 N–H and O–H groups in total. The Morgan fingerprint density at radius 2 is 1.05 bits per heavy atom. The molecule has 0 saturated heterocycles. The van der Waals surface area contributed by atoms with Crippen LogP contribution in [-0.4, -0.2) is 58.2 Å². The predicted molar refractivity (Wildman–Crippen MR) is 205 cm³/mol. The van der Waals surface area contributed by atoms with Gasteiger partial charge in [-0.2, -0.15) is 10.2 Å². The van der Waals surface area contributed by atoms with Crippen molar-refractivity contribution in [2.24, 2.45) is 0 Å². The van der Waals surface area contributed by atoms with Crippen LogP contribution >= 0.6 is 11.6 Å². The van der Waals surface area contributed by atoms with Crippen molar-refractivity contribution >= 4 is 21.4 Å². The minimum Gasteiger partial charge on any atom is -0.364 e. The first-order chi connectivity index (χ1) is 29.0. The van der Waals surface area contributed by atoms with Crippen LogP contribution in [0.15, 0.2) is 147 Å². The lowest BCUT2D eigenvalue weighted by Gasteiger charge is -2.07. The molecule has 0 atom stereocenters. The molecule has 9 aromatic rings. The van der Waals surface area contributed by atoms with Gasteiger partial charge in [-0.25, -0.2) is 45.9 Å². The summed E-state index contributed by atoms with van der Waals surface area (Å²) in [6.07, 6.45) is 4.54. The molecule has 0 aliphatic heterocycles. The fraction of sp³-hybridized carbons (Fsp3) is 0.0500. The van der Waals surface area contributed by atoms with Gasteiger partial charge in [-0.1, -0.05) is 76.5 Å². The highest BCUT2D eigenvalue weighted by molar-refractivity contribution is 7.91. The average molecular weight is 853 g/mol. The minimum atomic E-state index is -4.24. The topological polar surface area (TPSA) is 173 Å². The summed E-state index contributed by atoms with van der Waals surface area (Å²) in [4.78, 5) is 15.6. The molecule has 3 aromatic carbocycles. The molecule has 0 bridgehead atoms. The number of rotatable bonds is 10. The van der Waals surface area contributed by atoms with E-state index in [1.165, 1.54) is 53.6 Å². The summed E-state index contributed by atoms with van der Waals surface area (Å²) >= 11 is 5.72. The highest BCUT2D eigenvalue weighted by Gasteiger charge is 2.26. The second-order valence-electron chi connectivity index (χ2n) is 12.6. The number of halogens is 5. The molecule has 0 aliphatic carbocycles. The maximum Gasteiger partial charge on any atom is 0.226 e. The van der Waals surface area contributed by atoms with Crippen LogP contribution in [0.2, 0.25) is 5.15 Å². The van der Waals surface area contributed by atoms with Crippen LogP contribution in [0.5, 0.6) is 0 Å². The Bertz CT molecular complexity index is 3040. The van der Waals surface area contributed by atoms with Crippen molar-refractivity contribution in [2.45, 2.75) is 23.0 Å². The van der Waals surface area contributed by atoms with Crippen molar-refractivity contribution < 1.29 is 35.0 Å². The van der Waals surface area contributed by atoms with Crippen LogP contribution in [-0.2, 0) is 22.9 Å². The van der Waals surface area contributed by atoms with E-state index in [0.29, 0.717) is 39.6 Å². The summed E-state index contributed by atoms with van der Waals surface area (Å²) in [5, 5.41) is 15.6. The van der Waals surface area contributed by atoms with Crippen LogP contribution in [0.25, 0.3) is 45.8 Å². The molecule has 0 radical (unpaired) electrons. The van der Waals surface area contributed by atoms with E-state index < -0.39 is 32.3 Å². The molecule has 9 rings (SSSR count). The second-order valence-corrected chi connectivity index (χ2v) is 14.8. The summed E-state index contributed by atoms with van der Waals surface area (Å²) < 4.78 is 94.8. The Morgan fingerprint density at radius 3 is 1.53 bits per heavy atom. The summed E-state index contributed by atoms with van der Waals surface area (Å²) in [7, 11) is -4.24. The van der Waals surface area contributed by atoms with Crippen molar-refractivity contribution in [1.29, 1.82) is 0 Å². The molecule has 0 amide bonds. The van der Waals surface area contributed by atoms with E-state index >= 15 is 0 Å². The number of nitrogens with zero attached hydrogens (tertiary/aromatic N) is 10. The molecule has 60 heavy (non-hydrogen) atoms. The molecule has 300 valence electrons. The van der Waals surface area contributed by atoms with Gasteiger partial charge in [0, 0.05) is 23.3 Å². The van der Waals surface area contributed by atoms with E-state index in [9.17, 15) is 26.0 Å². The maximum atomic E-state index is 14.5. The molecule has 0 spiro atoms. The molecule has 20 heteroatoms. The van der Waals surface area contributed by atoms with Gasteiger partial charge in [0.2, 0.25) is 9.84 Å². The maximum absolute atomic E-state index is 14.5. The normalized spacial score (nSPS) is 11.3. The van der Waals surface area contributed by atoms with Crippen molar-refractivity contribution in [3.63, 3.8) is 0 Å². The standard InChI is InChI=1S/C23H15F2N5O3S.C17H10ClF2N5O/c24-17-9-5-4-6-15(17)14-30-21(19-10-11-33-29-19)12-20(28-30)22-26-13-18(25)23(27-22)34(31,32)16-7-2-1-3-8-16;18-16-12(20)8-21-17(22-16)14-7-15(13-5-6-26-24-13)25(23-14)9-10-3-1-2-4-11(10)19/h1-13H,14H2;1-8H,9H2. The lowest BCUT2D eigenvalue weighted by molar-refractivity contribution is 0.421. The molecule has 0 unspecified atom stereocenters. The Balaban J connectivity index is 0.000000172. The number of aromatic nitrogens is 10. The predicted octanol–water partition coefficient (Wildman–Crippen LogP) is 8.13. The van der Waals surface area contributed by atoms with Crippen LogP contribution in [0.3, 0.4) is 0 Å². The van der Waals surface area contributed by atoms with Crippen LogP contribution < -0.4 is 0 Å². The van der Waals surface area contributed by atoms with E-state index in [-0.39, 0.29) is 46.3 Å². The van der Waals surface area contributed by atoms with Crippen molar-refractivity contribution in [2.75, 3.05) is 0 Å². The summed E-state index contributed by atoms with van der Waals surface area (Å²) in [6.45, 7) is 0.203. The third kappa shape index (κ3) is 8.29. The van der Waals surface area contributed by atoms with Gasteiger partial charge in [-0.15, -0.1) is 0 Å².